The molecule has 1 saturated carbocycles. The molecule has 2 aliphatic rings. The second-order valence-corrected chi connectivity index (χ2v) is 4.17. The summed E-state index contributed by atoms with van der Waals surface area (Å²) in [6.07, 6.45) is 3.76. The maximum Gasteiger partial charge on any atom is 0.253 e. The monoisotopic (exact) mass is 245 g/mol. The summed E-state index contributed by atoms with van der Waals surface area (Å²) in [5, 5.41) is 3.31. The van der Waals surface area contributed by atoms with E-state index in [-0.39, 0.29) is 24.4 Å². The highest BCUT2D eigenvalue weighted by atomic mass is 35.5. The molecule has 4 nitrogen and oxygen atoms in total. The number of nitrogens with zero attached hydrogens (tertiary/aromatic N) is 2. The van der Waals surface area contributed by atoms with Crippen LogP contribution >= 0.6 is 12.4 Å². The number of rotatable bonds is 2. The third kappa shape index (κ3) is 1.85. The van der Waals surface area contributed by atoms with Gasteiger partial charge in [-0.05, 0) is 6.42 Å². The van der Waals surface area contributed by atoms with Gasteiger partial charge in [0.1, 0.15) is 12.4 Å². The smallest absolute Gasteiger partial charge is 0.253 e. The van der Waals surface area contributed by atoms with E-state index in [2.05, 4.69) is 15.3 Å². The van der Waals surface area contributed by atoms with Crippen molar-refractivity contribution in [3.8, 4) is 5.88 Å². The van der Waals surface area contributed by atoms with Gasteiger partial charge in [0.2, 0.25) is 5.82 Å². The summed E-state index contributed by atoms with van der Waals surface area (Å²) >= 11 is 0. The Morgan fingerprint density at radius 3 is 2.75 bits per heavy atom. The molecular formula is C10H13ClFN3O. The summed E-state index contributed by atoms with van der Waals surface area (Å²) in [6.45, 7) is 1.93. The third-order valence-corrected chi connectivity index (χ3v) is 3.23. The summed E-state index contributed by atoms with van der Waals surface area (Å²) in [6, 6.07) is 0. The SMILES string of the molecule is Cl.Fc1cncnc1OC1[C@@H]2CNC[C@H]1C2. The van der Waals surface area contributed by atoms with Crippen LogP contribution in [0.25, 0.3) is 0 Å². The number of halogens is 2. The lowest BCUT2D eigenvalue weighted by molar-refractivity contribution is -0.0491. The Labute approximate surface area is 99.0 Å². The minimum atomic E-state index is -0.476. The fraction of sp³-hybridized carbons (Fsp3) is 0.600. The van der Waals surface area contributed by atoms with E-state index in [4.69, 9.17) is 4.74 Å². The second-order valence-electron chi connectivity index (χ2n) is 4.17. The van der Waals surface area contributed by atoms with Crippen LogP contribution in [0, 0.1) is 17.7 Å². The van der Waals surface area contributed by atoms with Gasteiger partial charge in [-0.2, -0.15) is 9.37 Å². The zero-order chi connectivity index (χ0) is 10.3. The average molecular weight is 246 g/mol. The zero-order valence-corrected chi connectivity index (χ0v) is 9.41. The minimum Gasteiger partial charge on any atom is -0.472 e. The molecule has 6 heteroatoms. The van der Waals surface area contributed by atoms with Crippen LogP contribution in [-0.4, -0.2) is 29.2 Å². The fourth-order valence-electron chi connectivity index (χ4n) is 2.41. The molecule has 1 aromatic heterocycles. The van der Waals surface area contributed by atoms with Gasteiger partial charge in [0.15, 0.2) is 0 Å². The van der Waals surface area contributed by atoms with E-state index in [1.807, 2.05) is 0 Å². The maximum atomic E-state index is 13.2. The highest BCUT2D eigenvalue weighted by Gasteiger charge is 2.45. The summed E-state index contributed by atoms with van der Waals surface area (Å²) in [7, 11) is 0. The Balaban J connectivity index is 0.000000963. The van der Waals surface area contributed by atoms with Gasteiger partial charge in [-0.15, -0.1) is 12.4 Å². The first kappa shape index (κ1) is 11.5. The standard InChI is InChI=1S/C10H12FN3O.ClH/c11-8-4-13-5-14-10(8)15-9-6-1-7(9)3-12-2-6;/h4-7,9,12H,1-3H2;1H/t6-,7+,9?;. The molecule has 1 saturated heterocycles. The van der Waals surface area contributed by atoms with Crippen LogP contribution in [0.15, 0.2) is 12.5 Å². The van der Waals surface area contributed by atoms with Crippen LogP contribution < -0.4 is 10.1 Å². The molecule has 88 valence electrons. The Morgan fingerprint density at radius 2 is 2.12 bits per heavy atom. The normalized spacial score (nSPS) is 31.2. The van der Waals surface area contributed by atoms with Crippen molar-refractivity contribution in [1.29, 1.82) is 0 Å². The Morgan fingerprint density at radius 1 is 1.38 bits per heavy atom. The number of piperidine rings is 2. The van der Waals surface area contributed by atoms with Crippen molar-refractivity contribution in [3.63, 3.8) is 0 Å². The molecule has 1 aromatic rings. The molecule has 0 amide bonds. The van der Waals surface area contributed by atoms with Crippen LogP contribution in [0.4, 0.5) is 4.39 Å². The predicted octanol–water partition coefficient (Wildman–Crippen LogP) is 1.02. The van der Waals surface area contributed by atoms with Gasteiger partial charge in [0.25, 0.3) is 5.88 Å². The van der Waals surface area contributed by atoms with Crippen LogP contribution in [-0.2, 0) is 0 Å². The second kappa shape index (κ2) is 4.51. The van der Waals surface area contributed by atoms with E-state index in [0.29, 0.717) is 11.8 Å². The number of nitrogens with one attached hydrogen (secondary N) is 1. The molecule has 1 unspecified atom stereocenters. The topological polar surface area (TPSA) is 47.0 Å². The van der Waals surface area contributed by atoms with Crippen LogP contribution in [0.1, 0.15) is 6.42 Å². The Hall–Kier alpha value is -0.940. The van der Waals surface area contributed by atoms with Crippen molar-refractivity contribution in [2.75, 3.05) is 13.1 Å². The molecule has 1 aliphatic heterocycles. The van der Waals surface area contributed by atoms with Gasteiger partial charge in [0.05, 0.1) is 6.20 Å². The number of fused-ring (bicyclic) bond motifs is 2. The van der Waals surface area contributed by atoms with E-state index in [1.165, 1.54) is 12.7 Å². The highest BCUT2D eigenvalue weighted by Crippen LogP contribution is 2.39. The molecule has 3 rings (SSSR count). The first-order valence-corrected chi connectivity index (χ1v) is 5.17. The van der Waals surface area contributed by atoms with Crippen LogP contribution in [0.3, 0.4) is 0 Å². The number of hydrogen-bond acceptors (Lipinski definition) is 4. The minimum absolute atomic E-state index is 0. The van der Waals surface area contributed by atoms with E-state index in [0.717, 1.165) is 19.3 Å². The lowest BCUT2D eigenvalue weighted by atomic mass is 9.69. The molecule has 0 radical (unpaired) electrons. The maximum absolute atomic E-state index is 13.2. The van der Waals surface area contributed by atoms with Gasteiger partial charge in [-0.3, -0.25) is 0 Å². The van der Waals surface area contributed by atoms with Gasteiger partial charge >= 0.3 is 0 Å². The molecule has 2 fully saturated rings. The van der Waals surface area contributed by atoms with Crippen LogP contribution in [0.5, 0.6) is 5.88 Å². The Kier molecular flexibility index (Phi) is 3.25. The highest BCUT2D eigenvalue weighted by molar-refractivity contribution is 5.85. The van der Waals surface area contributed by atoms with Crippen molar-refractivity contribution < 1.29 is 9.13 Å². The van der Waals surface area contributed by atoms with Gasteiger partial charge in [-0.25, -0.2) is 4.98 Å². The average Bonchev–Trinajstić information content (AvgIpc) is 2.29. The summed E-state index contributed by atoms with van der Waals surface area (Å²) in [5.74, 6) is 0.637. The lowest BCUT2D eigenvalue weighted by Gasteiger charge is -2.48. The van der Waals surface area contributed by atoms with Crippen molar-refractivity contribution in [3.05, 3.63) is 18.3 Å². The fourth-order valence-corrected chi connectivity index (χ4v) is 2.41. The molecule has 16 heavy (non-hydrogen) atoms. The quantitative estimate of drug-likeness (QED) is 0.845. The zero-order valence-electron chi connectivity index (χ0n) is 8.60. The number of aromatic nitrogens is 2. The molecular weight excluding hydrogens is 233 g/mol. The molecule has 0 spiro atoms. The molecule has 1 aliphatic carbocycles. The first-order chi connectivity index (χ1) is 7.34. The summed E-state index contributed by atoms with van der Waals surface area (Å²) in [5.41, 5.74) is 0. The Bertz CT molecular complexity index is 365. The van der Waals surface area contributed by atoms with Gasteiger partial charge < -0.3 is 10.1 Å². The van der Waals surface area contributed by atoms with E-state index in [9.17, 15) is 4.39 Å². The summed E-state index contributed by atoms with van der Waals surface area (Å²) in [4.78, 5) is 7.39. The van der Waals surface area contributed by atoms with Gasteiger partial charge in [0, 0.05) is 24.9 Å². The third-order valence-electron chi connectivity index (χ3n) is 3.23. The molecule has 0 aromatic carbocycles. The van der Waals surface area contributed by atoms with Crippen LogP contribution in [0.2, 0.25) is 0 Å². The number of ether oxygens (including phenoxy) is 1. The van der Waals surface area contributed by atoms with E-state index >= 15 is 0 Å². The summed E-state index contributed by atoms with van der Waals surface area (Å²) < 4.78 is 18.8. The van der Waals surface area contributed by atoms with Crippen molar-refractivity contribution in [2.45, 2.75) is 12.5 Å². The molecule has 3 atom stereocenters. The van der Waals surface area contributed by atoms with Crippen molar-refractivity contribution in [2.24, 2.45) is 11.8 Å². The number of hydrogen-bond donors (Lipinski definition) is 1. The lowest BCUT2D eigenvalue weighted by Crippen LogP contribution is -2.59. The van der Waals surface area contributed by atoms with E-state index < -0.39 is 5.82 Å². The predicted molar refractivity (Wildman–Crippen MR) is 58.1 cm³/mol. The van der Waals surface area contributed by atoms with Crippen molar-refractivity contribution >= 4 is 12.4 Å². The molecule has 2 heterocycles. The largest absolute Gasteiger partial charge is 0.472 e. The van der Waals surface area contributed by atoms with Crippen molar-refractivity contribution in [1.82, 2.24) is 15.3 Å². The molecule has 2 bridgehead atoms. The van der Waals surface area contributed by atoms with E-state index in [1.54, 1.807) is 0 Å². The first-order valence-electron chi connectivity index (χ1n) is 5.17. The van der Waals surface area contributed by atoms with Gasteiger partial charge in [-0.1, -0.05) is 0 Å². The molecule has 1 N–H and O–H groups in total.